The van der Waals surface area contributed by atoms with Crippen LogP contribution in [-0.2, 0) is 0 Å². The number of rotatable bonds is 2. The molecule has 0 radical (unpaired) electrons. The molecule has 0 N–H and O–H groups in total. The minimum Gasteiger partial charge on any atom is -0.361 e. The Morgan fingerprint density at radius 2 is 1.84 bits per heavy atom. The Kier molecular flexibility index (Phi) is 3.24. The van der Waals surface area contributed by atoms with Gasteiger partial charge in [0.05, 0.1) is 10.2 Å². The molecule has 3 nitrogen and oxygen atoms in total. The molecule has 0 aliphatic carbocycles. The molecule has 19 heavy (non-hydrogen) atoms. The standard InChI is InChI=1S/C14H12BrN3S/c1-18(2)14-13-11(16-8-17-14)7-12(19-13)9-3-5-10(15)6-4-9/h3-8H,1-2H3. The normalized spacial score (nSPS) is 10.9. The van der Waals surface area contributed by atoms with Crippen molar-refractivity contribution in [1.29, 1.82) is 0 Å². The number of nitrogens with zero attached hydrogens (tertiary/aromatic N) is 3. The molecule has 0 spiro atoms. The van der Waals surface area contributed by atoms with E-state index in [-0.39, 0.29) is 0 Å². The zero-order valence-corrected chi connectivity index (χ0v) is 13.0. The van der Waals surface area contributed by atoms with Gasteiger partial charge in [0.25, 0.3) is 0 Å². The maximum atomic E-state index is 4.35. The van der Waals surface area contributed by atoms with Crippen LogP contribution in [0.15, 0.2) is 41.1 Å². The molecule has 2 heterocycles. The van der Waals surface area contributed by atoms with Crippen molar-refractivity contribution in [2.75, 3.05) is 19.0 Å². The molecule has 1 aromatic carbocycles. The Morgan fingerprint density at radius 1 is 1.11 bits per heavy atom. The average molecular weight is 334 g/mol. The Labute approximate surface area is 124 Å². The topological polar surface area (TPSA) is 29.0 Å². The quantitative estimate of drug-likeness (QED) is 0.704. The molecule has 0 fully saturated rings. The summed E-state index contributed by atoms with van der Waals surface area (Å²) in [6.07, 6.45) is 1.62. The van der Waals surface area contributed by atoms with E-state index < -0.39 is 0 Å². The SMILES string of the molecule is CN(C)c1ncnc2cc(-c3ccc(Br)cc3)sc12. The first kappa shape index (κ1) is 12.6. The van der Waals surface area contributed by atoms with Gasteiger partial charge in [-0.05, 0) is 23.8 Å². The van der Waals surface area contributed by atoms with E-state index in [4.69, 9.17) is 0 Å². The number of hydrogen-bond donors (Lipinski definition) is 0. The van der Waals surface area contributed by atoms with E-state index in [1.807, 2.05) is 19.0 Å². The predicted octanol–water partition coefficient (Wildman–Crippen LogP) is 4.19. The predicted molar refractivity (Wildman–Crippen MR) is 84.9 cm³/mol. The smallest absolute Gasteiger partial charge is 0.149 e. The Bertz CT molecular complexity index is 719. The first-order chi connectivity index (χ1) is 9.15. The van der Waals surface area contributed by atoms with E-state index in [0.29, 0.717) is 0 Å². The summed E-state index contributed by atoms with van der Waals surface area (Å²) in [6, 6.07) is 10.4. The highest BCUT2D eigenvalue weighted by molar-refractivity contribution is 9.10. The summed E-state index contributed by atoms with van der Waals surface area (Å²) in [6.45, 7) is 0. The van der Waals surface area contributed by atoms with Gasteiger partial charge >= 0.3 is 0 Å². The van der Waals surface area contributed by atoms with E-state index in [1.54, 1.807) is 17.7 Å². The maximum Gasteiger partial charge on any atom is 0.149 e. The van der Waals surface area contributed by atoms with Crippen molar-refractivity contribution >= 4 is 43.3 Å². The number of aromatic nitrogens is 2. The molecule has 96 valence electrons. The van der Waals surface area contributed by atoms with Crippen LogP contribution in [-0.4, -0.2) is 24.1 Å². The molecule has 2 aromatic heterocycles. The minimum atomic E-state index is 0.971. The lowest BCUT2D eigenvalue weighted by Gasteiger charge is -2.10. The molecule has 0 unspecified atom stereocenters. The highest BCUT2D eigenvalue weighted by Crippen LogP contribution is 2.36. The van der Waals surface area contributed by atoms with Crippen molar-refractivity contribution in [3.63, 3.8) is 0 Å². The largest absolute Gasteiger partial charge is 0.361 e. The molecule has 0 saturated heterocycles. The fourth-order valence-corrected chi connectivity index (χ4v) is 3.37. The molecular formula is C14H12BrN3S. The van der Waals surface area contributed by atoms with Crippen molar-refractivity contribution in [1.82, 2.24) is 9.97 Å². The van der Waals surface area contributed by atoms with Crippen LogP contribution in [0.1, 0.15) is 0 Å². The Balaban J connectivity index is 2.16. The molecule has 0 aliphatic rings. The second-order valence-electron chi connectivity index (χ2n) is 4.42. The summed E-state index contributed by atoms with van der Waals surface area (Å²) in [7, 11) is 4.00. The summed E-state index contributed by atoms with van der Waals surface area (Å²) >= 11 is 5.19. The second-order valence-corrected chi connectivity index (χ2v) is 6.39. The summed E-state index contributed by atoms with van der Waals surface area (Å²) in [5.41, 5.74) is 2.21. The highest BCUT2D eigenvalue weighted by Gasteiger charge is 2.11. The van der Waals surface area contributed by atoms with Crippen LogP contribution < -0.4 is 4.90 Å². The lowest BCUT2D eigenvalue weighted by Crippen LogP contribution is -2.10. The first-order valence-corrected chi connectivity index (χ1v) is 7.44. The number of thiophene rings is 1. The molecule has 5 heteroatoms. The fourth-order valence-electron chi connectivity index (χ4n) is 1.92. The number of halogens is 1. The van der Waals surface area contributed by atoms with Crippen LogP contribution in [0.2, 0.25) is 0 Å². The fraction of sp³-hybridized carbons (Fsp3) is 0.143. The van der Waals surface area contributed by atoms with E-state index in [1.165, 1.54) is 10.4 Å². The highest BCUT2D eigenvalue weighted by atomic mass is 79.9. The van der Waals surface area contributed by atoms with Crippen molar-refractivity contribution in [2.45, 2.75) is 0 Å². The number of anilines is 1. The maximum absolute atomic E-state index is 4.35. The van der Waals surface area contributed by atoms with Gasteiger partial charge in [0.2, 0.25) is 0 Å². The third kappa shape index (κ3) is 2.35. The van der Waals surface area contributed by atoms with E-state index in [0.717, 1.165) is 20.5 Å². The molecule has 0 atom stereocenters. The van der Waals surface area contributed by atoms with Gasteiger partial charge in [0, 0.05) is 23.4 Å². The lowest BCUT2D eigenvalue weighted by molar-refractivity contribution is 1.07. The van der Waals surface area contributed by atoms with Gasteiger partial charge in [-0.1, -0.05) is 28.1 Å². The van der Waals surface area contributed by atoms with Crippen molar-refractivity contribution in [2.24, 2.45) is 0 Å². The van der Waals surface area contributed by atoms with Crippen molar-refractivity contribution in [3.8, 4) is 10.4 Å². The summed E-state index contributed by atoms with van der Waals surface area (Å²) in [5.74, 6) is 0.971. The van der Waals surface area contributed by atoms with Crippen LogP contribution in [0.3, 0.4) is 0 Å². The number of benzene rings is 1. The molecule has 3 aromatic rings. The van der Waals surface area contributed by atoms with Gasteiger partial charge in [0.15, 0.2) is 0 Å². The molecule has 0 amide bonds. The van der Waals surface area contributed by atoms with Crippen LogP contribution in [0, 0.1) is 0 Å². The number of fused-ring (bicyclic) bond motifs is 1. The lowest BCUT2D eigenvalue weighted by atomic mass is 10.2. The van der Waals surface area contributed by atoms with Crippen LogP contribution in [0.4, 0.5) is 5.82 Å². The monoisotopic (exact) mass is 333 g/mol. The second kappa shape index (κ2) is 4.90. The van der Waals surface area contributed by atoms with Gasteiger partial charge < -0.3 is 4.90 Å². The molecule has 0 aliphatic heterocycles. The number of hydrogen-bond acceptors (Lipinski definition) is 4. The minimum absolute atomic E-state index is 0.971. The van der Waals surface area contributed by atoms with Gasteiger partial charge in [-0.2, -0.15) is 0 Å². The zero-order chi connectivity index (χ0) is 13.4. The van der Waals surface area contributed by atoms with Gasteiger partial charge in [-0.3, -0.25) is 0 Å². The van der Waals surface area contributed by atoms with Gasteiger partial charge in [-0.25, -0.2) is 9.97 Å². The Hall–Kier alpha value is -1.46. The molecule has 0 bridgehead atoms. The van der Waals surface area contributed by atoms with Gasteiger partial charge in [0.1, 0.15) is 12.1 Å². The zero-order valence-electron chi connectivity index (χ0n) is 10.6. The van der Waals surface area contributed by atoms with Crippen molar-refractivity contribution < 1.29 is 0 Å². The first-order valence-electron chi connectivity index (χ1n) is 5.83. The third-order valence-electron chi connectivity index (χ3n) is 2.84. The average Bonchev–Trinajstić information content (AvgIpc) is 2.82. The summed E-state index contributed by atoms with van der Waals surface area (Å²) < 4.78 is 2.22. The summed E-state index contributed by atoms with van der Waals surface area (Å²) in [5, 5.41) is 0. The van der Waals surface area contributed by atoms with Crippen molar-refractivity contribution in [3.05, 3.63) is 41.1 Å². The third-order valence-corrected chi connectivity index (χ3v) is 4.54. The van der Waals surface area contributed by atoms with Crippen LogP contribution in [0.25, 0.3) is 20.7 Å². The van der Waals surface area contributed by atoms with Crippen LogP contribution >= 0.6 is 27.3 Å². The van der Waals surface area contributed by atoms with E-state index >= 15 is 0 Å². The van der Waals surface area contributed by atoms with E-state index in [2.05, 4.69) is 56.2 Å². The van der Waals surface area contributed by atoms with Gasteiger partial charge in [-0.15, -0.1) is 11.3 Å². The molecule has 0 saturated carbocycles. The summed E-state index contributed by atoms with van der Waals surface area (Å²) in [4.78, 5) is 11.9. The van der Waals surface area contributed by atoms with Crippen LogP contribution in [0.5, 0.6) is 0 Å². The molecule has 3 rings (SSSR count). The Morgan fingerprint density at radius 3 is 2.53 bits per heavy atom. The molecular weight excluding hydrogens is 322 g/mol. The van der Waals surface area contributed by atoms with E-state index in [9.17, 15) is 0 Å².